The van der Waals surface area contributed by atoms with Crippen LogP contribution in [0.25, 0.3) is 0 Å². The lowest BCUT2D eigenvalue weighted by atomic mass is 10.0. The Morgan fingerprint density at radius 3 is 2.63 bits per heavy atom. The van der Waals surface area contributed by atoms with Crippen LogP contribution in [0.5, 0.6) is 5.75 Å². The number of rotatable bonds is 11. The fourth-order valence-electron chi connectivity index (χ4n) is 3.81. The van der Waals surface area contributed by atoms with Gasteiger partial charge in [0.1, 0.15) is 11.6 Å². The van der Waals surface area contributed by atoms with Crippen LogP contribution in [0.3, 0.4) is 0 Å². The molecule has 0 saturated heterocycles. The highest BCUT2D eigenvalue weighted by Crippen LogP contribution is 2.30. The van der Waals surface area contributed by atoms with Gasteiger partial charge in [0.2, 0.25) is 5.91 Å². The van der Waals surface area contributed by atoms with Gasteiger partial charge in [0.05, 0.1) is 12.2 Å². The van der Waals surface area contributed by atoms with Crippen molar-refractivity contribution in [3.05, 3.63) is 47.4 Å². The van der Waals surface area contributed by atoms with Crippen molar-refractivity contribution < 1.29 is 31.9 Å². The first-order valence-electron chi connectivity index (χ1n) is 12.1. The number of aromatic nitrogens is 2. The number of nitrogens with one attached hydrogen (secondary N) is 2. The van der Waals surface area contributed by atoms with Gasteiger partial charge in [0, 0.05) is 24.6 Å². The molecule has 1 aromatic carbocycles. The number of alkyl halides is 3. The lowest BCUT2D eigenvalue weighted by molar-refractivity contribution is -0.274. The van der Waals surface area contributed by atoms with E-state index in [-0.39, 0.29) is 30.5 Å². The first kappa shape index (κ1) is 27.2. The first-order chi connectivity index (χ1) is 18.0. The topological polar surface area (TPSA) is 121 Å². The summed E-state index contributed by atoms with van der Waals surface area (Å²) in [6.45, 7) is 1.98. The van der Waals surface area contributed by atoms with Gasteiger partial charge in [-0.3, -0.25) is 14.6 Å². The Kier molecular flexibility index (Phi) is 8.07. The Labute approximate surface area is 215 Å². The minimum Gasteiger partial charge on any atom is -0.406 e. The summed E-state index contributed by atoms with van der Waals surface area (Å²) in [5.41, 5.74) is -0.585. The zero-order valence-corrected chi connectivity index (χ0v) is 20.6. The van der Waals surface area contributed by atoms with Crippen molar-refractivity contribution in [3.8, 4) is 5.75 Å². The zero-order chi connectivity index (χ0) is 27.3. The van der Waals surface area contributed by atoms with Crippen LogP contribution in [0.15, 0.2) is 40.7 Å². The monoisotopic (exact) mass is 537 g/mol. The molecule has 2 amide bonds. The van der Waals surface area contributed by atoms with E-state index < -0.39 is 29.4 Å². The summed E-state index contributed by atoms with van der Waals surface area (Å²) in [6.07, 6.45) is -0.878. The third-order valence-corrected chi connectivity index (χ3v) is 6.08. The second-order valence-corrected chi connectivity index (χ2v) is 9.47. The van der Waals surface area contributed by atoms with E-state index in [1.54, 1.807) is 18.0 Å². The summed E-state index contributed by atoms with van der Waals surface area (Å²) < 4.78 is 55.1. The number of halogens is 4. The minimum absolute atomic E-state index is 0.0237. The van der Waals surface area contributed by atoms with Crippen molar-refractivity contribution in [2.75, 3.05) is 18.4 Å². The highest BCUT2D eigenvalue weighted by Gasteiger charge is 2.39. The molecular formula is C24H27F4N7O3. The Morgan fingerprint density at radius 2 is 1.95 bits per heavy atom. The van der Waals surface area contributed by atoms with Crippen LogP contribution in [-0.2, 0) is 22.6 Å². The van der Waals surface area contributed by atoms with Gasteiger partial charge in [0.25, 0.3) is 5.91 Å². The molecule has 204 valence electrons. The highest BCUT2D eigenvalue weighted by molar-refractivity contribution is 5.93. The normalized spacial score (nSPS) is 18.9. The molecule has 0 spiro atoms. The van der Waals surface area contributed by atoms with Gasteiger partial charge in [-0.05, 0) is 69.4 Å². The van der Waals surface area contributed by atoms with E-state index in [0.717, 1.165) is 49.6 Å². The maximum absolute atomic E-state index is 14.0. The van der Waals surface area contributed by atoms with Crippen molar-refractivity contribution in [1.82, 2.24) is 20.5 Å². The number of anilines is 1. The van der Waals surface area contributed by atoms with Crippen molar-refractivity contribution in [3.63, 3.8) is 0 Å². The fourth-order valence-corrected chi connectivity index (χ4v) is 3.81. The number of aryl methyl sites for hydroxylation is 1. The second-order valence-electron chi connectivity index (χ2n) is 9.47. The molecule has 0 radical (unpaired) electrons. The number of nitrogens with zero attached hydrogens (tertiary/aromatic N) is 5. The van der Waals surface area contributed by atoms with Crippen molar-refractivity contribution in [2.45, 2.75) is 57.5 Å². The van der Waals surface area contributed by atoms with E-state index in [9.17, 15) is 27.2 Å². The van der Waals surface area contributed by atoms with Crippen LogP contribution in [0, 0.1) is 11.7 Å². The summed E-state index contributed by atoms with van der Waals surface area (Å²) in [6, 6.07) is 6.13. The molecule has 14 heteroatoms. The molecule has 1 saturated carbocycles. The van der Waals surface area contributed by atoms with Gasteiger partial charge in [-0.1, -0.05) is 5.22 Å². The van der Waals surface area contributed by atoms with E-state index in [0.29, 0.717) is 18.8 Å². The highest BCUT2D eigenvalue weighted by atomic mass is 19.4. The third kappa shape index (κ3) is 7.59. The number of carbonyl (C=O) groups excluding carboxylic acids is 2. The van der Waals surface area contributed by atoms with Crippen molar-refractivity contribution in [2.24, 2.45) is 16.3 Å². The number of hydrogen-bond donors (Lipinski definition) is 2. The molecule has 1 unspecified atom stereocenters. The van der Waals surface area contributed by atoms with Crippen LogP contribution in [0.2, 0.25) is 0 Å². The molecule has 2 heterocycles. The Hall–Kier alpha value is -3.84. The maximum atomic E-state index is 14.0. The molecule has 38 heavy (non-hydrogen) atoms. The fraction of sp³-hybridized carbons (Fsp3) is 0.500. The molecule has 2 aliphatic rings. The lowest BCUT2D eigenvalue weighted by Crippen LogP contribution is -2.46. The number of hydrogen-bond acceptors (Lipinski definition) is 8. The molecule has 1 aliphatic heterocycles. The Bertz CT molecular complexity index is 1190. The van der Waals surface area contributed by atoms with E-state index in [1.165, 1.54) is 0 Å². The van der Waals surface area contributed by atoms with Gasteiger partial charge in [-0.25, -0.2) is 4.39 Å². The molecule has 1 atom stereocenters. The number of carbonyl (C=O) groups is 2. The largest absolute Gasteiger partial charge is 0.573 e. The standard InChI is InChI=1S/C24H27F4N7O3/c1-23(22(37)29-13-16-12-18(8-9-19(16)25)38-24(26,27)28)14-35(34-33-23)11-3-2-4-17-7-10-20(32-31-17)30-21(36)15-5-6-15/h7-10,12,15H,2-6,11,13-14H2,1H3,(H,29,37)(H,30,32,36). The molecule has 2 aromatic rings. The van der Waals surface area contributed by atoms with Gasteiger partial charge < -0.3 is 15.4 Å². The molecule has 10 nitrogen and oxygen atoms in total. The second kappa shape index (κ2) is 11.3. The average Bonchev–Trinajstić information content (AvgIpc) is 3.64. The summed E-state index contributed by atoms with van der Waals surface area (Å²) in [5.74, 6) is -1.39. The maximum Gasteiger partial charge on any atom is 0.573 e. The number of ether oxygens (including phenoxy) is 1. The predicted molar refractivity (Wildman–Crippen MR) is 126 cm³/mol. The van der Waals surface area contributed by atoms with Gasteiger partial charge in [-0.15, -0.1) is 18.3 Å². The lowest BCUT2D eigenvalue weighted by Gasteiger charge is -2.21. The van der Waals surface area contributed by atoms with E-state index in [4.69, 9.17) is 0 Å². The van der Waals surface area contributed by atoms with Crippen LogP contribution >= 0.6 is 0 Å². The molecular weight excluding hydrogens is 510 g/mol. The molecule has 0 bridgehead atoms. The van der Waals surface area contributed by atoms with E-state index >= 15 is 0 Å². The van der Waals surface area contributed by atoms with E-state index in [2.05, 4.69) is 35.9 Å². The Balaban J connectivity index is 1.18. The molecule has 1 aromatic heterocycles. The average molecular weight is 538 g/mol. The zero-order valence-electron chi connectivity index (χ0n) is 20.6. The van der Waals surface area contributed by atoms with Gasteiger partial charge >= 0.3 is 6.36 Å². The molecule has 1 aliphatic carbocycles. The number of benzene rings is 1. The van der Waals surface area contributed by atoms with Gasteiger partial charge in [-0.2, -0.15) is 10.2 Å². The van der Waals surface area contributed by atoms with E-state index in [1.807, 2.05) is 6.07 Å². The summed E-state index contributed by atoms with van der Waals surface area (Å²) >= 11 is 0. The van der Waals surface area contributed by atoms with Crippen LogP contribution in [-0.4, -0.2) is 52.0 Å². The molecule has 1 fully saturated rings. The van der Waals surface area contributed by atoms with Crippen molar-refractivity contribution >= 4 is 17.6 Å². The Morgan fingerprint density at radius 1 is 1.16 bits per heavy atom. The van der Waals surface area contributed by atoms with Crippen LogP contribution < -0.4 is 15.4 Å². The SMILES string of the molecule is CC1(C(=O)NCc2cc(OC(F)(F)F)ccc2F)CN(CCCCc2ccc(NC(=O)C3CC3)nn2)N=N1. The molecule has 4 rings (SSSR count). The number of unbranched alkanes of at least 4 members (excludes halogenated alkanes) is 1. The smallest absolute Gasteiger partial charge is 0.406 e. The minimum atomic E-state index is -4.91. The molecule has 2 N–H and O–H groups in total. The first-order valence-corrected chi connectivity index (χ1v) is 12.1. The van der Waals surface area contributed by atoms with Gasteiger partial charge in [0.15, 0.2) is 11.4 Å². The summed E-state index contributed by atoms with van der Waals surface area (Å²) in [7, 11) is 0. The third-order valence-electron chi connectivity index (χ3n) is 6.08. The number of amides is 2. The van der Waals surface area contributed by atoms with Crippen molar-refractivity contribution in [1.29, 1.82) is 0 Å². The summed E-state index contributed by atoms with van der Waals surface area (Å²) in [5, 5.41) is 23.2. The quantitative estimate of drug-likeness (QED) is 0.331. The van der Waals surface area contributed by atoms with Crippen LogP contribution in [0.1, 0.15) is 43.9 Å². The predicted octanol–water partition coefficient (Wildman–Crippen LogP) is 3.94. The van der Waals surface area contributed by atoms with Crippen LogP contribution in [0.4, 0.5) is 23.4 Å². The summed E-state index contributed by atoms with van der Waals surface area (Å²) in [4.78, 5) is 24.5.